The van der Waals surface area contributed by atoms with Crippen LogP contribution in [0.25, 0.3) is 0 Å². The molecule has 132 valence electrons. The number of hydrogen-bond donors (Lipinski definition) is 1. The van der Waals surface area contributed by atoms with Gasteiger partial charge in [-0.2, -0.15) is 0 Å². The van der Waals surface area contributed by atoms with E-state index in [1.165, 1.54) is 11.3 Å². The van der Waals surface area contributed by atoms with E-state index in [1.807, 2.05) is 0 Å². The maximum Gasteiger partial charge on any atom is 0.249 e. The zero-order valence-electron chi connectivity index (χ0n) is 14.3. The van der Waals surface area contributed by atoms with Crippen LogP contribution in [0.3, 0.4) is 0 Å². The highest BCUT2D eigenvalue weighted by molar-refractivity contribution is 6.02. The standard InChI is InChI=1S/C19H23N3O3/c23-17-5-4-16(18(24)20-17)22-9-6-13-14(2-1-3-15(13)22)21-10-7-19(8-11-21)12-25-19/h1-3,16H,4-12H2,(H,20,23,24)/t16-/m0/s1. The lowest BCUT2D eigenvalue weighted by Crippen LogP contribution is -2.52. The Balaban J connectivity index is 1.39. The van der Waals surface area contributed by atoms with Crippen molar-refractivity contribution in [3.8, 4) is 0 Å². The Morgan fingerprint density at radius 1 is 1.08 bits per heavy atom. The molecule has 1 aromatic rings. The number of epoxide rings is 1. The Hall–Kier alpha value is -2.08. The predicted molar refractivity (Wildman–Crippen MR) is 93.8 cm³/mol. The van der Waals surface area contributed by atoms with Crippen molar-refractivity contribution in [2.45, 2.75) is 43.7 Å². The number of anilines is 2. The van der Waals surface area contributed by atoms with Crippen molar-refractivity contribution >= 4 is 23.2 Å². The highest BCUT2D eigenvalue weighted by atomic mass is 16.6. The van der Waals surface area contributed by atoms with E-state index in [1.54, 1.807) is 0 Å². The summed E-state index contributed by atoms with van der Waals surface area (Å²) < 4.78 is 5.62. The minimum absolute atomic E-state index is 0.153. The number of nitrogens with one attached hydrogen (secondary N) is 1. The number of carbonyl (C=O) groups excluding carboxylic acids is 2. The molecule has 3 fully saturated rings. The van der Waals surface area contributed by atoms with Crippen LogP contribution in [0.15, 0.2) is 18.2 Å². The lowest BCUT2D eigenvalue weighted by molar-refractivity contribution is -0.134. The highest BCUT2D eigenvalue weighted by Crippen LogP contribution is 2.42. The quantitative estimate of drug-likeness (QED) is 0.647. The summed E-state index contributed by atoms with van der Waals surface area (Å²) in [7, 11) is 0. The van der Waals surface area contributed by atoms with E-state index in [9.17, 15) is 9.59 Å². The first kappa shape index (κ1) is 15.2. The largest absolute Gasteiger partial charge is 0.371 e. The third kappa shape index (κ3) is 2.51. The van der Waals surface area contributed by atoms with Crippen LogP contribution >= 0.6 is 0 Å². The number of ether oxygens (including phenoxy) is 1. The average Bonchev–Trinajstić information content (AvgIpc) is 3.23. The molecule has 4 heterocycles. The predicted octanol–water partition coefficient (Wildman–Crippen LogP) is 1.22. The van der Waals surface area contributed by atoms with Gasteiger partial charge in [-0.15, -0.1) is 0 Å². The van der Waals surface area contributed by atoms with Crippen molar-refractivity contribution in [3.63, 3.8) is 0 Å². The molecule has 5 rings (SSSR count). The van der Waals surface area contributed by atoms with Gasteiger partial charge >= 0.3 is 0 Å². The van der Waals surface area contributed by atoms with Crippen LogP contribution in [0.1, 0.15) is 31.2 Å². The summed E-state index contributed by atoms with van der Waals surface area (Å²) in [5.41, 5.74) is 4.00. The van der Waals surface area contributed by atoms with E-state index in [-0.39, 0.29) is 23.5 Å². The summed E-state index contributed by atoms with van der Waals surface area (Å²) in [6.45, 7) is 3.85. The monoisotopic (exact) mass is 341 g/mol. The molecule has 2 amide bonds. The van der Waals surface area contributed by atoms with Crippen LogP contribution in [0.4, 0.5) is 11.4 Å². The molecule has 6 heteroatoms. The number of hydrogen-bond acceptors (Lipinski definition) is 5. The second kappa shape index (κ2) is 5.46. The number of piperidine rings is 2. The summed E-state index contributed by atoms with van der Waals surface area (Å²) in [5, 5.41) is 2.49. The SMILES string of the molecule is O=C1CC[C@H](N2CCc3c(N4CCC5(CC4)CO5)cccc32)C(=O)N1. The summed E-state index contributed by atoms with van der Waals surface area (Å²) in [5.74, 6) is -0.306. The van der Waals surface area contributed by atoms with Crippen LogP contribution in [-0.2, 0) is 20.7 Å². The van der Waals surface area contributed by atoms with Gasteiger partial charge in [-0.25, -0.2) is 0 Å². The number of carbonyl (C=O) groups is 2. The van der Waals surface area contributed by atoms with Crippen molar-refractivity contribution in [1.82, 2.24) is 5.32 Å². The van der Waals surface area contributed by atoms with Gasteiger partial charge in [0.25, 0.3) is 0 Å². The zero-order valence-corrected chi connectivity index (χ0v) is 14.3. The van der Waals surface area contributed by atoms with Gasteiger partial charge in [-0.1, -0.05) is 6.07 Å². The average molecular weight is 341 g/mol. The molecule has 0 aliphatic carbocycles. The second-order valence-electron chi connectivity index (χ2n) is 7.64. The second-order valence-corrected chi connectivity index (χ2v) is 7.64. The van der Waals surface area contributed by atoms with Gasteiger partial charge < -0.3 is 14.5 Å². The molecule has 6 nitrogen and oxygen atoms in total. The van der Waals surface area contributed by atoms with Gasteiger partial charge in [-0.3, -0.25) is 14.9 Å². The summed E-state index contributed by atoms with van der Waals surface area (Å²) >= 11 is 0. The van der Waals surface area contributed by atoms with E-state index < -0.39 is 0 Å². The van der Waals surface area contributed by atoms with Gasteiger partial charge in [0, 0.05) is 43.0 Å². The van der Waals surface area contributed by atoms with E-state index in [2.05, 4.69) is 33.3 Å². The topological polar surface area (TPSA) is 65.2 Å². The molecule has 1 atom stereocenters. The molecular formula is C19H23N3O3. The number of fused-ring (bicyclic) bond motifs is 1. The van der Waals surface area contributed by atoms with Crippen LogP contribution < -0.4 is 15.1 Å². The molecule has 0 radical (unpaired) electrons. The lowest BCUT2D eigenvalue weighted by Gasteiger charge is -2.34. The van der Waals surface area contributed by atoms with Crippen LogP contribution in [-0.4, -0.2) is 49.7 Å². The van der Waals surface area contributed by atoms with E-state index in [0.29, 0.717) is 12.8 Å². The van der Waals surface area contributed by atoms with Gasteiger partial charge in [0.15, 0.2) is 0 Å². The van der Waals surface area contributed by atoms with Crippen LogP contribution in [0.5, 0.6) is 0 Å². The number of nitrogens with zero attached hydrogens (tertiary/aromatic N) is 2. The van der Waals surface area contributed by atoms with Crippen molar-refractivity contribution in [2.75, 3.05) is 36.0 Å². The molecule has 0 aromatic heterocycles. The fourth-order valence-corrected chi connectivity index (χ4v) is 4.59. The van der Waals surface area contributed by atoms with Crippen molar-refractivity contribution in [2.24, 2.45) is 0 Å². The first-order valence-corrected chi connectivity index (χ1v) is 9.26. The summed E-state index contributed by atoms with van der Waals surface area (Å²) in [4.78, 5) is 28.4. The highest BCUT2D eigenvalue weighted by Gasteiger charge is 2.47. The first-order valence-electron chi connectivity index (χ1n) is 9.26. The number of rotatable bonds is 2. The zero-order chi connectivity index (χ0) is 17.0. The van der Waals surface area contributed by atoms with Gasteiger partial charge in [-0.05, 0) is 37.8 Å². The van der Waals surface area contributed by atoms with E-state index in [0.717, 1.165) is 51.2 Å². The minimum atomic E-state index is -0.223. The molecule has 0 bridgehead atoms. The molecule has 1 N–H and O–H groups in total. The minimum Gasteiger partial charge on any atom is -0.371 e. The number of benzene rings is 1. The summed E-state index contributed by atoms with van der Waals surface area (Å²) in [6, 6.07) is 6.19. The fourth-order valence-electron chi connectivity index (χ4n) is 4.59. The lowest BCUT2D eigenvalue weighted by atomic mass is 9.96. The molecule has 0 saturated carbocycles. The number of imide groups is 1. The summed E-state index contributed by atoms with van der Waals surface area (Å²) in [6.07, 6.45) is 4.20. The molecule has 3 saturated heterocycles. The molecule has 1 spiro atoms. The molecule has 1 aromatic carbocycles. The maximum atomic E-state index is 12.3. The molecule has 25 heavy (non-hydrogen) atoms. The van der Waals surface area contributed by atoms with Crippen molar-refractivity contribution in [1.29, 1.82) is 0 Å². The Kier molecular flexibility index (Phi) is 3.32. The van der Waals surface area contributed by atoms with E-state index >= 15 is 0 Å². The molecule has 0 unspecified atom stereocenters. The first-order chi connectivity index (χ1) is 12.2. The number of amides is 2. The third-order valence-corrected chi connectivity index (χ3v) is 6.19. The normalized spacial score (nSPS) is 27.4. The fraction of sp³-hybridized carbons (Fsp3) is 0.579. The Bertz CT molecular complexity index is 733. The van der Waals surface area contributed by atoms with Crippen LogP contribution in [0.2, 0.25) is 0 Å². The molecule has 4 aliphatic rings. The molecular weight excluding hydrogens is 318 g/mol. The smallest absolute Gasteiger partial charge is 0.249 e. The van der Waals surface area contributed by atoms with Gasteiger partial charge in [0.2, 0.25) is 11.8 Å². The van der Waals surface area contributed by atoms with Crippen molar-refractivity contribution in [3.05, 3.63) is 23.8 Å². The Morgan fingerprint density at radius 3 is 2.56 bits per heavy atom. The van der Waals surface area contributed by atoms with Gasteiger partial charge in [0.1, 0.15) is 6.04 Å². The third-order valence-electron chi connectivity index (χ3n) is 6.19. The van der Waals surface area contributed by atoms with E-state index in [4.69, 9.17) is 4.74 Å². The molecule has 4 aliphatic heterocycles. The van der Waals surface area contributed by atoms with Crippen molar-refractivity contribution < 1.29 is 14.3 Å². The van der Waals surface area contributed by atoms with Gasteiger partial charge in [0.05, 0.1) is 12.2 Å². The Labute approximate surface area is 147 Å². The maximum absolute atomic E-state index is 12.3. The van der Waals surface area contributed by atoms with Crippen LogP contribution in [0, 0.1) is 0 Å². The Morgan fingerprint density at radius 2 is 1.84 bits per heavy atom.